The maximum Gasteiger partial charge on any atom is 0.320 e. The molecule has 2 aliphatic carbocycles. The van der Waals surface area contributed by atoms with Crippen LogP contribution in [0.15, 0.2) is 24.4 Å². The maximum absolute atomic E-state index is 12.7. The molecule has 0 bridgehead atoms. The standard InChI is InChI=1S/C15H20N2O2/c18-15(14-8-4-5-11-16(14)19)17(13-9-10-13)12-6-2-1-3-7-12/h4-5,8,11-13H,1-3,6-7,9-10H2. The van der Waals surface area contributed by atoms with Crippen molar-refractivity contribution >= 4 is 5.91 Å². The van der Waals surface area contributed by atoms with Crippen LogP contribution < -0.4 is 4.73 Å². The fraction of sp³-hybridized carbons (Fsp3) is 0.600. The fourth-order valence-electron chi connectivity index (χ4n) is 3.07. The average Bonchev–Trinajstić information content (AvgIpc) is 3.25. The molecule has 1 amide bonds. The summed E-state index contributed by atoms with van der Waals surface area (Å²) in [7, 11) is 0. The second-order valence-electron chi connectivity index (χ2n) is 5.65. The molecule has 0 aromatic carbocycles. The van der Waals surface area contributed by atoms with Crippen LogP contribution in [0, 0.1) is 5.21 Å². The summed E-state index contributed by atoms with van der Waals surface area (Å²) in [5.41, 5.74) is 0.264. The molecule has 0 radical (unpaired) electrons. The summed E-state index contributed by atoms with van der Waals surface area (Å²) in [5, 5.41) is 11.8. The average molecular weight is 260 g/mol. The van der Waals surface area contributed by atoms with Gasteiger partial charge in [0.1, 0.15) is 0 Å². The molecule has 0 N–H and O–H groups in total. The molecular formula is C15H20N2O2. The van der Waals surface area contributed by atoms with Crippen molar-refractivity contribution in [3.05, 3.63) is 35.3 Å². The maximum atomic E-state index is 12.7. The predicted molar refractivity (Wildman–Crippen MR) is 71.5 cm³/mol. The normalized spacial score (nSPS) is 20.2. The van der Waals surface area contributed by atoms with Crippen LogP contribution >= 0.6 is 0 Å². The zero-order chi connectivity index (χ0) is 13.2. The Labute approximate surface area is 113 Å². The van der Waals surface area contributed by atoms with Gasteiger partial charge in [0.05, 0.1) is 0 Å². The SMILES string of the molecule is O=C(c1cccc[n+]1[O-])N(C1CCCCC1)C1CC1. The minimum atomic E-state index is -0.0787. The van der Waals surface area contributed by atoms with E-state index in [0.717, 1.165) is 25.7 Å². The number of carbonyl (C=O) groups is 1. The molecule has 0 saturated heterocycles. The van der Waals surface area contributed by atoms with Crippen molar-refractivity contribution in [3.8, 4) is 0 Å². The first kappa shape index (κ1) is 12.5. The minimum Gasteiger partial charge on any atom is -0.618 e. The lowest BCUT2D eigenvalue weighted by atomic mass is 9.93. The smallest absolute Gasteiger partial charge is 0.320 e. The van der Waals surface area contributed by atoms with Gasteiger partial charge in [0.25, 0.3) is 5.69 Å². The molecule has 2 aliphatic rings. The molecular weight excluding hydrogens is 240 g/mol. The lowest BCUT2D eigenvalue weighted by molar-refractivity contribution is -0.608. The van der Waals surface area contributed by atoms with E-state index in [0.29, 0.717) is 16.8 Å². The molecule has 0 atom stereocenters. The van der Waals surface area contributed by atoms with Crippen LogP contribution in [0.1, 0.15) is 55.4 Å². The van der Waals surface area contributed by atoms with Gasteiger partial charge in [0, 0.05) is 24.2 Å². The molecule has 1 aromatic rings. The predicted octanol–water partition coefficient (Wildman–Crippen LogP) is 2.26. The third kappa shape index (κ3) is 2.57. The molecule has 3 rings (SSSR count). The first-order valence-corrected chi connectivity index (χ1v) is 7.28. The number of rotatable bonds is 3. The van der Waals surface area contributed by atoms with Gasteiger partial charge in [0.2, 0.25) is 0 Å². The molecule has 0 spiro atoms. The monoisotopic (exact) mass is 260 g/mol. The summed E-state index contributed by atoms with van der Waals surface area (Å²) < 4.78 is 0.695. The minimum absolute atomic E-state index is 0.0787. The van der Waals surface area contributed by atoms with Crippen molar-refractivity contribution < 1.29 is 9.52 Å². The van der Waals surface area contributed by atoms with E-state index in [1.54, 1.807) is 18.2 Å². The number of pyridine rings is 1. The van der Waals surface area contributed by atoms with Gasteiger partial charge >= 0.3 is 5.91 Å². The molecule has 1 aromatic heterocycles. The lowest BCUT2D eigenvalue weighted by Crippen LogP contribution is -2.47. The topological polar surface area (TPSA) is 47.2 Å². The quantitative estimate of drug-likeness (QED) is 0.618. The van der Waals surface area contributed by atoms with Gasteiger partial charge in [-0.2, -0.15) is 4.73 Å². The number of hydrogen-bond acceptors (Lipinski definition) is 2. The summed E-state index contributed by atoms with van der Waals surface area (Å²) in [4.78, 5) is 14.7. The molecule has 0 aliphatic heterocycles. The van der Waals surface area contributed by atoms with E-state index in [1.165, 1.54) is 25.5 Å². The number of carbonyl (C=O) groups excluding carboxylic acids is 1. The number of nitrogens with zero attached hydrogens (tertiary/aromatic N) is 2. The highest BCUT2D eigenvalue weighted by Crippen LogP contribution is 2.34. The van der Waals surface area contributed by atoms with Gasteiger partial charge in [-0.3, -0.25) is 4.79 Å². The Morgan fingerprint density at radius 2 is 1.79 bits per heavy atom. The van der Waals surface area contributed by atoms with Crippen molar-refractivity contribution in [2.45, 2.75) is 57.0 Å². The second-order valence-corrected chi connectivity index (χ2v) is 5.65. The van der Waals surface area contributed by atoms with Gasteiger partial charge in [-0.1, -0.05) is 19.3 Å². The highest BCUT2D eigenvalue weighted by atomic mass is 16.5. The molecule has 102 valence electrons. The Kier molecular flexibility index (Phi) is 3.40. The summed E-state index contributed by atoms with van der Waals surface area (Å²) in [6.45, 7) is 0. The van der Waals surface area contributed by atoms with Gasteiger partial charge in [-0.15, -0.1) is 0 Å². The Hall–Kier alpha value is -1.58. The van der Waals surface area contributed by atoms with E-state index < -0.39 is 0 Å². The van der Waals surface area contributed by atoms with Crippen molar-refractivity contribution in [2.75, 3.05) is 0 Å². The van der Waals surface area contributed by atoms with Crippen LogP contribution in [0.2, 0.25) is 0 Å². The lowest BCUT2D eigenvalue weighted by Gasteiger charge is -2.33. The first-order chi connectivity index (χ1) is 9.27. The van der Waals surface area contributed by atoms with E-state index in [-0.39, 0.29) is 11.6 Å². The molecule has 4 heteroatoms. The van der Waals surface area contributed by atoms with Crippen LogP contribution in [-0.2, 0) is 0 Å². The van der Waals surface area contributed by atoms with E-state index >= 15 is 0 Å². The van der Waals surface area contributed by atoms with Gasteiger partial charge in [-0.25, -0.2) is 0 Å². The van der Waals surface area contributed by atoms with E-state index in [1.807, 2.05) is 4.90 Å². The molecule has 2 saturated carbocycles. The highest BCUT2D eigenvalue weighted by molar-refractivity contribution is 5.91. The first-order valence-electron chi connectivity index (χ1n) is 7.28. The number of aromatic nitrogens is 1. The summed E-state index contributed by atoms with van der Waals surface area (Å²) in [5.74, 6) is -0.0787. The zero-order valence-corrected chi connectivity index (χ0v) is 11.1. The van der Waals surface area contributed by atoms with E-state index in [2.05, 4.69) is 0 Å². The third-order valence-electron chi connectivity index (χ3n) is 4.19. The van der Waals surface area contributed by atoms with Gasteiger partial charge in [-0.05, 0) is 31.7 Å². The molecule has 19 heavy (non-hydrogen) atoms. The van der Waals surface area contributed by atoms with Crippen molar-refractivity contribution in [3.63, 3.8) is 0 Å². The van der Waals surface area contributed by atoms with Crippen LogP contribution in [0.3, 0.4) is 0 Å². The van der Waals surface area contributed by atoms with Crippen molar-refractivity contribution in [1.29, 1.82) is 0 Å². The zero-order valence-electron chi connectivity index (χ0n) is 11.1. The van der Waals surface area contributed by atoms with Crippen molar-refractivity contribution in [2.24, 2.45) is 0 Å². The van der Waals surface area contributed by atoms with E-state index in [4.69, 9.17) is 0 Å². The molecule has 4 nitrogen and oxygen atoms in total. The summed E-state index contributed by atoms with van der Waals surface area (Å²) >= 11 is 0. The number of amides is 1. The molecule has 2 fully saturated rings. The van der Waals surface area contributed by atoms with Crippen LogP contribution in [-0.4, -0.2) is 22.9 Å². The molecule has 0 unspecified atom stereocenters. The van der Waals surface area contributed by atoms with Crippen molar-refractivity contribution in [1.82, 2.24) is 4.90 Å². The van der Waals surface area contributed by atoms with Gasteiger partial charge in [0.15, 0.2) is 6.20 Å². The summed E-state index contributed by atoms with van der Waals surface area (Å²) in [6, 6.07) is 5.76. The Bertz CT molecular complexity index is 465. The third-order valence-corrected chi connectivity index (χ3v) is 4.19. The van der Waals surface area contributed by atoms with Crippen LogP contribution in [0.25, 0.3) is 0 Å². The van der Waals surface area contributed by atoms with E-state index in [9.17, 15) is 10.0 Å². The highest BCUT2D eigenvalue weighted by Gasteiger charge is 2.40. The number of hydrogen-bond donors (Lipinski definition) is 0. The Balaban J connectivity index is 1.83. The second kappa shape index (κ2) is 5.19. The van der Waals surface area contributed by atoms with Gasteiger partial charge < -0.3 is 10.1 Å². The largest absolute Gasteiger partial charge is 0.618 e. The molecule has 1 heterocycles. The van der Waals surface area contributed by atoms with Crippen LogP contribution in [0.4, 0.5) is 0 Å². The van der Waals surface area contributed by atoms with Crippen LogP contribution in [0.5, 0.6) is 0 Å². The fourth-order valence-corrected chi connectivity index (χ4v) is 3.07. The Morgan fingerprint density at radius 3 is 2.42 bits per heavy atom. The Morgan fingerprint density at radius 1 is 1.11 bits per heavy atom. The summed E-state index contributed by atoms with van der Waals surface area (Å²) in [6.07, 6.45) is 9.44.